The molecule has 1 aromatic carbocycles. The van der Waals surface area contributed by atoms with Crippen molar-refractivity contribution in [2.45, 2.75) is 13.3 Å². The fourth-order valence-electron chi connectivity index (χ4n) is 1.98. The molecule has 0 aromatic heterocycles. The van der Waals surface area contributed by atoms with Gasteiger partial charge in [0, 0.05) is 13.6 Å². The zero-order valence-electron chi connectivity index (χ0n) is 12.1. The molecule has 1 rings (SSSR count). The van der Waals surface area contributed by atoms with Gasteiger partial charge in [-0.15, -0.1) is 0 Å². The molecular formula is C14H21N3O3. The third-order valence-corrected chi connectivity index (χ3v) is 2.90. The normalized spacial score (nSPS) is 9.95. The number of hydrogen-bond donors (Lipinski definition) is 2. The number of carbonyl (C=O) groups excluding carboxylic acids is 2. The zero-order chi connectivity index (χ0) is 15.1. The van der Waals surface area contributed by atoms with Crippen LogP contribution in [-0.2, 0) is 9.53 Å². The van der Waals surface area contributed by atoms with Crippen LogP contribution in [0.1, 0.15) is 23.7 Å². The van der Waals surface area contributed by atoms with Crippen LogP contribution in [0.2, 0.25) is 0 Å². The van der Waals surface area contributed by atoms with Gasteiger partial charge in [0.1, 0.15) is 0 Å². The summed E-state index contributed by atoms with van der Waals surface area (Å²) in [6, 6.07) is 5.04. The number of benzene rings is 1. The molecule has 110 valence electrons. The molecule has 0 aliphatic carbocycles. The number of nitrogens with zero attached hydrogens (tertiary/aromatic N) is 1. The quantitative estimate of drug-likeness (QED) is 0.600. The van der Waals surface area contributed by atoms with E-state index in [2.05, 4.69) is 5.32 Å². The van der Waals surface area contributed by atoms with E-state index in [1.54, 1.807) is 30.1 Å². The summed E-state index contributed by atoms with van der Waals surface area (Å²) in [6.45, 7) is 2.75. The average Bonchev–Trinajstić information content (AvgIpc) is 2.45. The maximum atomic E-state index is 11.8. The summed E-state index contributed by atoms with van der Waals surface area (Å²) in [5, 5.41) is 2.57. The second kappa shape index (κ2) is 7.37. The third kappa shape index (κ3) is 3.63. The molecule has 0 atom stereocenters. The number of hydrogen-bond acceptors (Lipinski definition) is 5. The van der Waals surface area contributed by atoms with Crippen LogP contribution in [0.3, 0.4) is 0 Å². The van der Waals surface area contributed by atoms with Crippen molar-refractivity contribution >= 4 is 23.3 Å². The van der Waals surface area contributed by atoms with E-state index in [-0.39, 0.29) is 12.5 Å². The van der Waals surface area contributed by atoms with Gasteiger partial charge in [-0.25, -0.2) is 4.79 Å². The minimum absolute atomic E-state index is 0.141. The summed E-state index contributed by atoms with van der Waals surface area (Å²) < 4.78 is 4.77. The molecule has 0 spiro atoms. The van der Waals surface area contributed by atoms with E-state index in [0.717, 1.165) is 6.42 Å². The van der Waals surface area contributed by atoms with Gasteiger partial charge >= 0.3 is 5.97 Å². The lowest BCUT2D eigenvalue weighted by Crippen LogP contribution is -2.37. The predicted octanol–water partition coefficient (Wildman–Crippen LogP) is 1.02. The summed E-state index contributed by atoms with van der Waals surface area (Å²) >= 11 is 0. The van der Waals surface area contributed by atoms with Crippen LogP contribution < -0.4 is 16.0 Å². The topological polar surface area (TPSA) is 84.7 Å². The number of carbonyl (C=O) groups is 2. The molecule has 0 fully saturated rings. The second-order valence-electron chi connectivity index (χ2n) is 4.33. The van der Waals surface area contributed by atoms with Crippen molar-refractivity contribution in [1.82, 2.24) is 5.32 Å². The Morgan fingerprint density at radius 1 is 1.40 bits per heavy atom. The highest BCUT2D eigenvalue weighted by molar-refractivity contribution is 6.00. The van der Waals surface area contributed by atoms with E-state index in [0.29, 0.717) is 23.5 Å². The van der Waals surface area contributed by atoms with Crippen molar-refractivity contribution in [3.8, 4) is 0 Å². The van der Waals surface area contributed by atoms with Gasteiger partial charge in [0.05, 0.1) is 30.6 Å². The van der Waals surface area contributed by atoms with Crippen molar-refractivity contribution in [2.24, 2.45) is 0 Å². The minimum Gasteiger partial charge on any atom is -0.465 e. The molecule has 0 saturated heterocycles. The smallest absolute Gasteiger partial charge is 0.340 e. The molecule has 1 aromatic rings. The van der Waals surface area contributed by atoms with Crippen LogP contribution in [-0.4, -0.2) is 39.1 Å². The largest absolute Gasteiger partial charge is 0.465 e. The Bertz CT molecular complexity index is 489. The predicted molar refractivity (Wildman–Crippen MR) is 78.8 cm³/mol. The van der Waals surface area contributed by atoms with Gasteiger partial charge in [0.2, 0.25) is 5.91 Å². The highest BCUT2D eigenvalue weighted by Gasteiger charge is 2.20. The molecule has 0 heterocycles. The molecule has 0 unspecified atom stereocenters. The Hall–Kier alpha value is -2.24. The number of anilines is 2. The van der Waals surface area contributed by atoms with E-state index < -0.39 is 5.97 Å². The number of amides is 1. The number of ether oxygens (including phenoxy) is 1. The highest BCUT2D eigenvalue weighted by atomic mass is 16.5. The van der Waals surface area contributed by atoms with Crippen molar-refractivity contribution in [2.75, 3.05) is 37.9 Å². The summed E-state index contributed by atoms with van der Waals surface area (Å²) in [6.07, 6.45) is 0.825. The fraction of sp³-hybridized carbons (Fsp3) is 0.429. The lowest BCUT2D eigenvalue weighted by Gasteiger charge is -2.26. The van der Waals surface area contributed by atoms with Gasteiger partial charge < -0.3 is 20.7 Å². The first-order valence-corrected chi connectivity index (χ1v) is 6.47. The van der Waals surface area contributed by atoms with Gasteiger partial charge in [-0.3, -0.25) is 4.79 Å². The Morgan fingerprint density at radius 2 is 2.10 bits per heavy atom. The lowest BCUT2D eigenvalue weighted by atomic mass is 10.1. The van der Waals surface area contributed by atoms with Crippen molar-refractivity contribution < 1.29 is 14.3 Å². The molecule has 6 nitrogen and oxygen atoms in total. The number of esters is 1. The van der Waals surface area contributed by atoms with Crippen LogP contribution in [0.25, 0.3) is 0 Å². The SMILES string of the molecule is CCCN(CC(=O)NC)c1c(N)cccc1C(=O)OC. The first kappa shape index (κ1) is 15.8. The van der Waals surface area contributed by atoms with Gasteiger partial charge in [-0.1, -0.05) is 13.0 Å². The summed E-state index contributed by atoms with van der Waals surface area (Å²) in [5.41, 5.74) is 7.34. The van der Waals surface area contributed by atoms with Gasteiger partial charge in [0.15, 0.2) is 0 Å². The maximum absolute atomic E-state index is 11.8. The fourth-order valence-corrected chi connectivity index (χ4v) is 1.98. The Morgan fingerprint density at radius 3 is 2.65 bits per heavy atom. The molecule has 1 amide bonds. The minimum atomic E-state index is -0.467. The van der Waals surface area contributed by atoms with Crippen LogP contribution in [0.15, 0.2) is 18.2 Å². The number of nitrogen functional groups attached to an aromatic ring is 1. The van der Waals surface area contributed by atoms with E-state index in [1.165, 1.54) is 7.11 Å². The summed E-state index contributed by atoms with van der Waals surface area (Å²) in [4.78, 5) is 25.3. The highest BCUT2D eigenvalue weighted by Crippen LogP contribution is 2.28. The first-order valence-electron chi connectivity index (χ1n) is 6.47. The van der Waals surface area contributed by atoms with Gasteiger partial charge in [-0.05, 0) is 18.6 Å². The Kier molecular flexibility index (Phi) is 5.83. The number of para-hydroxylation sites is 1. The Labute approximate surface area is 118 Å². The van der Waals surface area contributed by atoms with Gasteiger partial charge in [0.25, 0.3) is 0 Å². The van der Waals surface area contributed by atoms with Crippen molar-refractivity contribution in [3.05, 3.63) is 23.8 Å². The molecule has 20 heavy (non-hydrogen) atoms. The van der Waals surface area contributed by atoms with Crippen LogP contribution >= 0.6 is 0 Å². The maximum Gasteiger partial charge on any atom is 0.340 e. The molecule has 0 aliphatic rings. The van der Waals surface area contributed by atoms with Gasteiger partial charge in [-0.2, -0.15) is 0 Å². The van der Waals surface area contributed by atoms with E-state index in [9.17, 15) is 9.59 Å². The lowest BCUT2D eigenvalue weighted by molar-refractivity contribution is -0.119. The molecule has 0 aliphatic heterocycles. The van der Waals surface area contributed by atoms with Crippen molar-refractivity contribution in [1.29, 1.82) is 0 Å². The van der Waals surface area contributed by atoms with Crippen LogP contribution in [0, 0.1) is 0 Å². The van der Waals surface area contributed by atoms with E-state index >= 15 is 0 Å². The molecule has 3 N–H and O–H groups in total. The third-order valence-electron chi connectivity index (χ3n) is 2.90. The molecule has 0 bridgehead atoms. The molecular weight excluding hydrogens is 258 g/mol. The number of methoxy groups -OCH3 is 1. The molecule has 0 saturated carbocycles. The number of nitrogens with one attached hydrogen (secondary N) is 1. The standard InChI is InChI=1S/C14H21N3O3/c1-4-8-17(9-12(18)16-2)13-10(14(19)20-3)6-5-7-11(13)15/h5-7H,4,8-9,15H2,1-3H3,(H,16,18). The Balaban J connectivity index is 3.23. The molecule has 0 radical (unpaired) electrons. The number of likely N-dealkylation sites (N-methyl/N-ethyl adjacent to an activating group) is 1. The average molecular weight is 279 g/mol. The first-order chi connectivity index (χ1) is 9.54. The summed E-state index contributed by atoms with van der Waals surface area (Å²) in [5.74, 6) is -0.608. The molecule has 6 heteroatoms. The number of nitrogens with two attached hydrogens (primary N) is 1. The van der Waals surface area contributed by atoms with Crippen LogP contribution in [0.5, 0.6) is 0 Å². The monoisotopic (exact) mass is 279 g/mol. The second-order valence-corrected chi connectivity index (χ2v) is 4.33. The van der Waals surface area contributed by atoms with E-state index in [4.69, 9.17) is 10.5 Å². The zero-order valence-corrected chi connectivity index (χ0v) is 12.1. The van der Waals surface area contributed by atoms with Crippen LogP contribution in [0.4, 0.5) is 11.4 Å². The van der Waals surface area contributed by atoms with E-state index in [1.807, 2.05) is 6.92 Å². The summed E-state index contributed by atoms with van der Waals surface area (Å²) in [7, 11) is 2.89. The van der Waals surface area contributed by atoms with Crippen molar-refractivity contribution in [3.63, 3.8) is 0 Å². The number of rotatable bonds is 6.